The number of nitrogens with zero attached hydrogens (tertiary/aromatic N) is 1. The fourth-order valence-corrected chi connectivity index (χ4v) is 1.96. The van der Waals surface area contributed by atoms with Gasteiger partial charge in [-0.1, -0.05) is 6.07 Å². The lowest BCUT2D eigenvalue weighted by molar-refractivity contribution is -0.138. The summed E-state index contributed by atoms with van der Waals surface area (Å²) in [7, 11) is 0. The van der Waals surface area contributed by atoms with Gasteiger partial charge in [-0.15, -0.1) is 0 Å². The van der Waals surface area contributed by atoms with Gasteiger partial charge in [0.25, 0.3) is 5.91 Å². The number of aliphatic carboxylic acids is 1. The molecule has 1 aliphatic rings. The highest BCUT2D eigenvalue weighted by Gasteiger charge is 2.31. The summed E-state index contributed by atoms with van der Waals surface area (Å²) in [5, 5.41) is 8.80. The third-order valence-corrected chi connectivity index (χ3v) is 2.67. The number of ether oxygens (including phenoxy) is 1. The maximum Gasteiger partial charge on any atom is 0.305 e. The Kier molecular flexibility index (Phi) is 3.57. The molecule has 0 aliphatic carbocycles. The average molecular weight is 253 g/mol. The summed E-state index contributed by atoms with van der Waals surface area (Å²) in [6, 6.07) is 4.91. The zero-order chi connectivity index (χ0) is 13.1. The molecule has 1 fully saturated rings. The molecule has 2 rings (SSSR count). The minimum Gasteiger partial charge on any atom is -0.481 e. The monoisotopic (exact) mass is 253 g/mol. The highest BCUT2D eigenvalue weighted by Crippen LogP contribution is 2.22. The number of morpholine rings is 1. The molecule has 1 unspecified atom stereocenters. The molecule has 0 aromatic heterocycles. The molecule has 1 saturated heterocycles. The number of carboxylic acid groups (broad SMARTS) is 1. The van der Waals surface area contributed by atoms with E-state index in [4.69, 9.17) is 9.84 Å². The molecule has 1 aliphatic heterocycles. The Labute approximate surface area is 103 Å². The molecular weight excluding hydrogens is 241 g/mol. The van der Waals surface area contributed by atoms with Crippen LogP contribution >= 0.6 is 0 Å². The first kappa shape index (κ1) is 12.5. The fraction of sp³-hybridized carbons (Fsp3) is 0.333. The molecule has 0 bridgehead atoms. The molecule has 1 atom stereocenters. The summed E-state index contributed by atoms with van der Waals surface area (Å²) in [4.78, 5) is 23.8. The summed E-state index contributed by atoms with van der Waals surface area (Å²) in [6.07, 6.45) is -0.234. The average Bonchev–Trinajstić information content (AvgIpc) is 2.28. The van der Waals surface area contributed by atoms with Crippen molar-refractivity contribution in [3.63, 3.8) is 0 Å². The number of hydrogen-bond acceptors (Lipinski definition) is 3. The van der Waals surface area contributed by atoms with Gasteiger partial charge in [0.2, 0.25) is 0 Å². The van der Waals surface area contributed by atoms with Crippen LogP contribution in [0, 0.1) is 5.82 Å². The van der Waals surface area contributed by atoms with Crippen LogP contribution in [0.5, 0.6) is 0 Å². The molecule has 0 saturated carbocycles. The second-order valence-electron chi connectivity index (χ2n) is 4.01. The van der Waals surface area contributed by atoms with E-state index in [0.717, 1.165) is 0 Å². The predicted molar refractivity (Wildman–Crippen MR) is 60.7 cm³/mol. The highest BCUT2D eigenvalue weighted by atomic mass is 19.1. The number of rotatable bonds is 3. The quantitative estimate of drug-likeness (QED) is 0.873. The van der Waals surface area contributed by atoms with E-state index in [0.29, 0.717) is 5.69 Å². The fourth-order valence-electron chi connectivity index (χ4n) is 1.96. The molecular formula is C12H12FNO4. The predicted octanol–water partition coefficient (Wildman–Crippen LogP) is 1.03. The third kappa shape index (κ3) is 2.65. The van der Waals surface area contributed by atoms with Crippen molar-refractivity contribution in [3.05, 3.63) is 30.1 Å². The molecule has 96 valence electrons. The lowest BCUT2D eigenvalue weighted by Crippen LogP contribution is -2.50. The van der Waals surface area contributed by atoms with Gasteiger partial charge < -0.3 is 14.7 Å². The van der Waals surface area contributed by atoms with E-state index in [1.54, 1.807) is 6.07 Å². The van der Waals surface area contributed by atoms with Gasteiger partial charge in [0, 0.05) is 5.69 Å². The van der Waals surface area contributed by atoms with Crippen molar-refractivity contribution in [2.24, 2.45) is 0 Å². The Morgan fingerprint density at radius 1 is 1.56 bits per heavy atom. The van der Waals surface area contributed by atoms with E-state index < -0.39 is 17.8 Å². The first-order valence-electron chi connectivity index (χ1n) is 5.45. The summed E-state index contributed by atoms with van der Waals surface area (Å²) in [5.74, 6) is -1.86. The van der Waals surface area contributed by atoms with Crippen LogP contribution < -0.4 is 4.90 Å². The van der Waals surface area contributed by atoms with Gasteiger partial charge in [-0.05, 0) is 18.2 Å². The topological polar surface area (TPSA) is 66.8 Å². The Morgan fingerprint density at radius 3 is 3.00 bits per heavy atom. The Morgan fingerprint density at radius 2 is 2.33 bits per heavy atom. The van der Waals surface area contributed by atoms with Crippen molar-refractivity contribution in [1.82, 2.24) is 0 Å². The third-order valence-electron chi connectivity index (χ3n) is 2.67. The van der Waals surface area contributed by atoms with E-state index in [-0.39, 0.29) is 25.5 Å². The zero-order valence-corrected chi connectivity index (χ0v) is 9.51. The molecule has 1 aromatic rings. The van der Waals surface area contributed by atoms with Crippen LogP contribution in [0.4, 0.5) is 10.1 Å². The minimum atomic E-state index is -1.03. The van der Waals surface area contributed by atoms with E-state index in [9.17, 15) is 14.0 Å². The molecule has 0 spiro atoms. The smallest absolute Gasteiger partial charge is 0.305 e. The Balaban J connectivity index is 2.29. The van der Waals surface area contributed by atoms with Gasteiger partial charge in [-0.3, -0.25) is 9.59 Å². The van der Waals surface area contributed by atoms with Gasteiger partial charge >= 0.3 is 5.97 Å². The van der Waals surface area contributed by atoms with E-state index in [2.05, 4.69) is 0 Å². The maximum absolute atomic E-state index is 13.2. The van der Waals surface area contributed by atoms with E-state index in [1.807, 2.05) is 0 Å². The van der Waals surface area contributed by atoms with Gasteiger partial charge in [0.15, 0.2) is 0 Å². The minimum absolute atomic E-state index is 0.118. The van der Waals surface area contributed by atoms with Crippen molar-refractivity contribution in [1.29, 1.82) is 0 Å². The van der Waals surface area contributed by atoms with Crippen molar-refractivity contribution in [2.75, 3.05) is 18.1 Å². The molecule has 1 N–H and O–H groups in total. The summed E-state index contributed by atoms with van der Waals surface area (Å²) < 4.78 is 18.2. The van der Waals surface area contributed by atoms with Crippen LogP contribution in [0.25, 0.3) is 0 Å². The first-order chi connectivity index (χ1) is 8.58. The van der Waals surface area contributed by atoms with Crippen LogP contribution in [0.3, 0.4) is 0 Å². The van der Waals surface area contributed by atoms with Crippen molar-refractivity contribution in [2.45, 2.75) is 12.5 Å². The van der Waals surface area contributed by atoms with Gasteiger partial charge in [-0.2, -0.15) is 0 Å². The Bertz CT molecular complexity index is 477. The number of carbonyl (C=O) groups is 2. The molecule has 18 heavy (non-hydrogen) atoms. The van der Waals surface area contributed by atoms with Crippen LogP contribution in [0.2, 0.25) is 0 Å². The maximum atomic E-state index is 13.2. The van der Waals surface area contributed by atoms with E-state index in [1.165, 1.54) is 23.1 Å². The molecule has 6 heteroatoms. The lowest BCUT2D eigenvalue weighted by atomic mass is 10.1. The highest BCUT2D eigenvalue weighted by molar-refractivity contribution is 5.96. The number of hydrogen-bond donors (Lipinski definition) is 1. The van der Waals surface area contributed by atoms with Crippen molar-refractivity contribution in [3.8, 4) is 0 Å². The van der Waals surface area contributed by atoms with Crippen LogP contribution in [-0.4, -0.2) is 36.2 Å². The number of anilines is 1. The van der Waals surface area contributed by atoms with Crippen LogP contribution in [0.1, 0.15) is 6.42 Å². The number of halogens is 1. The normalized spacial score (nSPS) is 19.9. The molecule has 1 heterocycles. The standard InChI is InChI=1S/C12H12FNO4/c13-8-2-1-3-9(4-8)14-10(5-12(16)17)6-18-7-11(14)15/h1-4,10H,5-7H2,(H,16,17). The van der Waals surface area contributed by atoms with Crippen LogP contribution in [0.15, 0.2) is 24.3 Å². The van der Waals surface area contributed by atoms with E-state index >= 15 is 0 Å². The summed E-state index contributed by atoms with van der Waals surface area (Å²) in [6.45, 7) is 0.0151. The molecule has 5 nitrogen and oxygen atoms in total. The second kappa shape index (κ2) is 5.14. The second-order valence-corrected chi connectivity index (χ2v) is 4.01. The molecule has 1 amide bonds. The zero-order valence-electron chi connectivity index (χ0n) is 9.51. The summed E-state index contributed by atoms with van der Waals surface area (Å²) in [5.41, 5.74) is 0.356. The molecule has 1 aromatic carbocycles. The van der Waals surface area contributed by atoms with Crippen LogP contribution in [-0.2, 0) is 14.3 Å². The largest absolute Gasteiger partial charge is 0.481 e. The first-order valence-corrected chi connectivity index (χ1v) is 5.45. The van der Waals surface area contributed by atoms with Crippen molar-refractivity contribution >= 4 is 17.6 Å². The number of carboxylic acids is 1. The number of benzene rings is 1. The Hall–Kier alpha value is -1.95. The SMILES string of the molecule is O=C(O)CC1COCC(=O)N1c1cccc(F)c1. The number of carbonyl (C=O) groups excluding carboxylic acids is 1. The van der Waals surface area contributed by atoms with Gasteiger partial charge in [0.05, 0.1) is 19.1 Å². The van der Waals surface area contributed by atoms with Gasteiger partial charge in [-0.25, -0.2) is 4.39 Å². The van der Waals surface area contributed by atoms with Gasteiger partial charge in [0.1, 0.15) is 12.4 Å². The number of amides is 1. The summed E-state index contributed by atoms with van der Waals surface area (Å²) >= 11 is 0. The van der Waals surface area contributed by atoms with Crippen molar-refractivity contribution < 1.29 is 23.8 Å². The lowest BCUT2D eigenvalue weighted by Gasteiger charge is -2.34. The molecule has 0 radical (unpaired) electrons.